The molecule has 2 aliphatic rings. The Morgan fingerprint density at radius 2 is 2.16 bits per heavy atom. The summed E-state index contributed by atoms with van der Waals surface area (Å²) >= 11 is 0. The number of carbonyl (C=O) groups is 1. The maximum atomic E-state index is 12.6. The molecule has 7 heteroatoms. The van der Waals surface area contributed by atoms with Crippen LogP contribution in [0.1, 0.15) is 17.5 Å². The number of fused-ring (bicyclic) bond motifs is 2. The number of aromatic nitrogens is 3. The number of hydrogen-bond acceptors (Lipinski definition) is 6. The molecule has 2 bridgehead atoms. The first-order valence-electron chi connectivity index (χ1n) is 8.55. The third kappa shape index (κ3) is 3.46. The average Bonchev–Trinajstić information content (AvgIpc) is 2.95. The number of pyridine rings is 1. The lowest BCUT2D eigenvalue weighted by Crippen LogP contribution is -2.46. The second-order valence-electron chi connectivity index (χ2n) is 6.68. The van der Waals surface area contributed by atoms with Crippen molar-refractivity contribution in [3.05, 3.63) is 48.0 Å². The summed E-state index contributed by atoms with van der Waals surface area (Å²) in [4.78, 5) is 27.6. The van der Waals surface area contributed by atoms with Gasteiger partial charge in [0.25, 0.3) is 0 Å². The molecule has 2 aromatic heterocycles. The first kappa shape index (κ1) is 16.0. The second kappa shape index (κ2) is 6.76. The van der Waals surface area contributed by atoms with Crippen molar-refractivity contribution in [1.29, 1.82) is 0 Å². The minimum Gasteiger partial charge on any atom is -0.370 e. The number of anilines is 1. The van der Waals surface area contributed by atoms with Gasteiger partial charge < -0.3 is 15.0 Å². The van der Waals surface area contributed by atoms with Gasteiger partial charge in [0.2, 0.25) is 11.9 Å². The van der Waals surface area contributed by atoms with Gasteiger partial charge in [-0.15, -0.1) is 0 Å². The molecule has 1 N–H and O–H groups in total. The number of aryl methyl sites for hydroxylation is 1. The van der Waals surface area contributed by atoms with E-state index >= 15 is 0 Å². The molecule has 0 spiro atoms. The van der Waals surface area contributed by atoms with Crippen molar-refractivity contribution in [2.45, 2.75) is 32.1 Å². The maximum Gasteiger partial charge on any atom is 0.226 e. The predicted molar refractivity (Wildman–Crippen MR) is 91.8 cm³/mol. The Morgan fingerprint density at radius 1 is 1.32 bits per heavy atom. The van der Waals surface area contributed by atoms with E-state index in [1.165, 1.54) is 0 Å². The van der Waals surface area contributed by atoms with Crippen molar-refractivity contribution in [1.82, 2.24) is 20.3 Å². The fraction of sp³-hybridized carbons (Fsp3) is 0.444. The minimum atomic E-state index is -0.128. The van der Waals surface area contributed by atoms with E-state index in [-0.39, 0.29) is 24.0 Å². The Hall–Kier alpha value is -2.54. The van der Waals surface area contributed by atoms with Crippen molar-refractivity contribution >= 4 is 11.9 Å². The van der Waals surface area contributed by atoms with Crippen molar-refractivity contribution in [3.63, 3.8) is 0 Å². The molecule has 4 heterocycles. The largest absolute Gasteiger partial charge is 0.370 e. The highest BCUT2D eigenvalue weighted by Crippen LogP contribution is 2.33. The fourth-order valence-corrected chi connectivity index (χ4v) is 3.47. The van der Waals surface area contributed by atoms with Crippen molar-refractivity contribution in [3.8, 4) is 0 Å². The highest BCUT2D eigenvalue weighted by Gasteiger charge is 2.45. The Bertz CT molecular complexity index is 737. The molecule has 2 aliphatic heterocycles. The van der Waals surface area contributed by atoms with E-state index < -0.39 is 0 Å². The van der Waals surface area contributed by atoms with Crippen LogP contribution in [0.15, 0.2) is 36.9 Å². The van der Waals surface area contributed by atoms with E-state index in [1.54, 1.807) is 12.4 Å². The van der Waals surface area contributed by atoms with Gasteiger partial charge in [-0.25, -0.2) is 9.97 Å². The summed E-state index contributed by atoms with van der Waals surface area (Å²) in [7, 11) is 0. The summed E-state index contributed by atoms with van der Waals surface area (Å²) in [6.45, 7) is 3.83. The van der Waals surface area contributed by atoms with E-state index in [0.29, 0.717) is 19.0 Å². The highest BCUT2D eigenvalue weighted by atomic mass is 16.5. The summed E-state index contributed by atoms with van der Waals surface area (Å²) in [5.41, 5.74) is 2.03. The van der Waals surface area contributed by atoms with Gasteiger partial charge in [0.15, 0.2) is 0 Å². The molecule has 1 amide bonds. The van der Waals surface area contributed by atoms with E-state index in [9.17, 15) is 4.79 Å². The number of rotatable bonds is 4. The van der Waals surface area contributed by atoms with Gasteiger partial charge in [-0.2, -0.15) is 0 Å². The molecule has 3 atom stereocenters. The molecule has 7 nitrogen and oxygen atoms in total. The van der Waals surface area contributed by atoms with Gasteiger partial charge in [-0.05, 0) is 30.5 Å². The van der Waals surface area contributed by atoms with Gasteiger partial charge in [0, 0.05) is 44.4 Å². The van der Waals surface area contributed by atoms with E-state index in [2.05, 4.69) is 25.2 Å². The summed E-state index contributed by atoms with van der Waals surface area (Å²) in [6.07, 6.45) is 7.80. The zero-order valence-electron chi connectivity index (χ0n) is 14.1. The zero-order chi connectivity index (χ0) is 17.2. The number of carbonyl (C=O) groups excluding carboxylic acids is 1. The predicted octanol–water partition coefficient (Wildman–Crippen LogP) is 1.09. The quantitative estimate of drug-likeness (QED) is 0.898. The normalized spacial score (nSPS) is 25.0. The van der Waals surface area contributed by atoms with E-state index in [0.717, 1.165) is 24.1 Å². The Balaban J connectivity index is 1.38. The lowest BCUT2D eigenvalue weighted by molar-refractivity contribution is -0.126. The Labute approximate surface area is 146 Å². The van der Waals surface area contributed by atoms with Crippen molar-refractivity contribution in [2.75, 3.05) is 18.0 Å². The fourth-order valence-electron chi connectivity index (χ4n) is 3.47. The number of ether oxygens (including phenoxy) is 1. The van der Waals surface area contributed by atoms with E-state index in [1.807, 2.05) is 31.5 Å². The molecule has 0 unspecified atom stereocenters. The van der Waals surface area contributed by atoms with Crippen LogP contribution < -0.4 is 10.2 Å². The van der Waals surface area contributed by atoms with Crippen molar-refractivity contribution in [2.24, 2.45) is 5.92 Å². The van der Waals surface area contributed by atoms with Gasteiger partial charge in [0.1, 0.15) is 0 Å². The molecule has 2 saturated heterocycles. The van der Waals surface area contributed by atoms with Crippen LogP contribution in [0.3, 0.4) is 0 Å². The van der Waals surface area contributed by atoms with Gasteiger partial charge in [0.05, 0.1) is 18.1 Å². The summed E-state index contributed by atoms with van der Waals surface area (Å²) < 4.78 is 5.99. The maximum absolute atomic E-state index is 12.6. The monoisotopic (exact) mass is 339 g/mol. The van der Waals surface area contributed by atoms with Crippen molar-refractivity contribution < 1.29 is 9.53 Å². The van der Waals surface area contributed by atoms with Crippen LogP contribution in [0.25, 0.3) is 0 Å². The first-order valence-corrected chi connectivity index (χ1v) is 8.55. The third-order valence-electron chi connectivity index (χ3n) is 4.73. The van der Waals surface area contributed by atoms with Crippen LogP contribution >= 0.6 is 0 Å². The third-order valence-corrected chi connectivity index (χ3v) is 4.73. The minimum absolute atomic E-state index is 0.0445. The number of hydrogen-bond donors (Lipinski definition) is 1. The summed E-state index contributed by atoms with van der Waals surface area (Å²) in [5.74, 6) is 0.625. The molecule has 0 radical (unpaired) electrons. The standard InChI is InChI=1S/C18H21N5O2/c1-12-6-21-18(22-7-12)23-10-14-5-15(16(11-23)25-14)17(24)20-9-13-3-2-4-19-8-13/h2-4,6-8,14-16H,5,9-11H2,1H3,(H,20,24)/t14-,15+,16-/m1/s1. The average molecular weight is 339 g/mol. The number of morpholine rings is 1. The molecular weight excluding hydrogens is 318 g/mol. The first-order chi connectivity index (χ1) is 12.2. The molecule has 130 valence electrons. The number of nitrogens with one attached hydrogen (secondary N) is 1. The van der Waals surface area contributed by atoms with Gasteiger partial charge >= 0.3 is 0 Å². The lowest BCUT2D eigenvalue weighted by atomic mass is 9.99. The van der Waals surface area contributed by atoms with Gasteiger partial charge in [-0.3, -0.25) is 9.78 Å². The van der Waals surface area contributed by atoms with Crippen LogP contribution in [0.2, 0.25) is 0 Å². The van der Waals surface area contributed by atoms with Crippen LogP contribution in [0, 0.1) is 12.8 Å². The molecule has 0 aromatic carbocycles. The summed E-state index contributed by atoms with van der Waals surface area (Å²) in [5, 5.41) is 3.01. The molecule has 2 fully saturated rings. The molecular formula is C18H21N5O2. The molecule has 25 heavy (non-hydrogen) atoms. The molecule has 4 rings (SSSR count). The van der Waals surface area contributed by atoms with Crippen LogP contribution in [-0.2, 0) is 16.1 Å². The molecule has 0 aliphatic carbocycles. The van der Waals surface area contributed by atoms with Crippen LogP contribution in [0.4, 0.5) is 5.95 Å². The smallest absolute Gasteiger partial charge is 0.226 e. The Morgan fingerprint density at radius 3 is 2.92 bits per heavy atom. The van der Waals surface area contributed by atoms with Crippen LogP contribution in [0.5, 0.6) is 0 Å². The Kier molecular flexibility index (Phi) is 4.31. The summed E-state index contributed by atoms with van der Waals surface area (Å²) in [6, 6.07) is 3.82. The lowest BCUT2D eigenvalue weighted by Gasteiger charge is -2.32. The number of nitrogens with zero attached hydrogens (tertiary/aromatic N) is 4. The van der Waals surface area contributed by atoms with Crippen LogP contribution in [-0.4, -0.2) is 46.2 Å². The zero-order valence-corrected chi connectivity index (χ0v) is 14.1. The highest BCUT2D eigenvalue weighted by molar-refractivity contribution is 5.79. The molecule has 2 aromatic rings. The topological polar surface area (TPSA) is 80.2 Å². The SMILES string of the molecule is Cc1cnc(N2C[C@H]3C[C@H](C(=O)NCc4cccnc4)[C@@H](C2)O3)nc1. The van der Waals surface area contributed by atoms with Gasteiger partial charge in [-0.1, -0.05) is 6.07 Å². The number of amides is 1. The molecule has 0 saturated carbocycles. The van der Waals surface area contributed by atoms with E-state index in [4.69, 9.17) is 4.74 Å². The second-order valence-corrected chi connectivity index (χ2v) is 6.68.